The van der Waals surface area contributed by atoms with Gasteiger partial charge < -0.3 is 5.11 Å². The average Bonchev–Trinajstić information content (AvgIpc) is 2.89. The third kappa shape index (κ3) is 1.92. The van der Waals surface area contributed by atoms with Gasteiger partial charge in [-0.2, -0.15) is 5.10 Å². The zero-order valence-electron chi connectivity index (χ0n) is 11.3. The molecule has 0 bridgehead atoms. The Kier molecular flexibility index (Phi) is 3.43. The largest absolute Gasteiger partial charge is 0.480 e. The second kappa shape index (κ2) is 4.72. The van der Waals surface area contributed by atoms with Crippen molar-refractivity contribution in [2.75, 3.05) is 6.54 Å². The van der Waals surface area contributed by atoms with Crippen molar-refractivity contribution in [3.63, 3.8) is 0 Å². The summed E-state index contributed by atoms with van der Waals surface area (Å²) in [6, 6.07) is 0. The van der Waals surface area contributed by atoms with Crippen LogP contribution >= 0.6 is 0 Å². The minimum absolute atomic E-state index is 0.654. The minimum Gasteiger partial charge on any atom is -0.480 e. The fraction of sp³-hybridized carbons (Fsp3) is 0.692. The highest BCUT2D eigenvalue weighted by atomic mass is 16.4. The third-order valence-electron chi connectivity index (χ3n) is 4.30. The molecule has 18 heavy (non-hydrogen) atoms. The molecule has 0 saturated carbocycles. The molecular weight excluding hydrogens is 230 g/mol. The van der Waals surface area contributed by atoms with E-state index in [1.165, 1.54) is 0 Å². The highest BCUT2D eigenvalue weighted by molar-refractivity contribution is 5.79. The maximum absolute atomic E-state index is 11.6. The first-order chi connectivity index (χ1) is 8.51. The lowest BCUT2D eigenvalue weighted by Crippen LogP contribution is -2.49. The van der Waals surface area contributed by atoms with Crippen LogP contribution in [0.2, 0.25) is 0 Å². The summed E-state index contributed by atoms with van der Waals surface area (Å²) in [7, 11) is 1.91. The fourth-order valence-corrected chi connectivity index (χ4v) is 2.86. The molecule has 2 heterocycles. The van der Waals surface area contributed by atoms with Crippen LogP contribution in [-0.2, 0) is 18.4 Å². The van der Waals surface area contributed by atoms with Crippen molar-refractivity contribution in [2.45, 2.75) is 45.2 Å². The molecule has 1 aromatic rings. The van der Waals surface area contributed by atoms with Gasteiger partial charge in [0.25, 0.3) is 0 Å². The van der Waals surface area contributed by atoms with Crippen LogP contribution < -0.4 is 0 Å². The maximum atomic E-state index is 11.6. The quantitative estimate of drug-likeness (QED) is 0.882. The van der Waals surface area contributed by atoms with Crippen LogP contribution in [0.15, 0.2) is 6.20 Å². The molecule has 1 aromatic heterocycles. The van der Waals surface area contributed by atoms with Gasteiger partial charge in [0.2, 0.25) is 0 Å². The second-order valence-corrected chi connectivity index (χ2v) is 5.09. The smallest absolute Gasteiger partial charge is 0.324 e. The van der Waals surface area contributed by atoms with Crippen molar-refractivity contribution in [3.05, 3.63) is 17.5 Å². The molecule has 0 aromatic carbocycles. The van der Waals surface area contributed by atoms with Gasteiger partial charge in [-0.25, -0.2) is 0 Å². The Morgan fingerprint density at radius 2 is 2.33 bits per heavy atom. The SMILES string of the molecule is CCC1(C(=O)O)CCCN1Cc1cnn(C)c1C. The maximum Gasteiger partial charge on any atom is 0.324 e. The van der Waals surface area contributed by atoms with Gasteiger partial charge >= 0.3 is 5.97 Å². The Bertz CT molecular complexity index is 455. The molecule has 100 valence electrons. The lowest BCUT2D eigenvalue weighted by atomic mass is 9.92. The molecule has 1 atom stereocenters. The molecule has 1 N–H and O–H groups in total. The molecule has 0 spiro atoms. The molecule has 0 radical (unpaired) electrons. The summed E-state index contributed by atoms with van der Waals surface area (Å²) in [5.74, 6) is -0.691. The minimum atomic E-state index is -0.691. The summed E-state index contributed by atoms with van der Waals surface area (Å²) in [4.78, 5) is 13.7. The van der Waals surface area contributed by atoms with Crippen molar-refractivity contribution in [1.82, 2.24) is 14.7 Å². The van der Waals surface area contributed by atoms with E-state index in [0.29, 0.717) is 13.0 Å². The van der Waals surface area contributed by atoms with Crippen molar-refractivity contribution in [2.24, 2.45) is 7.05 Å². The summed E-state index contributed by atoms with van der Waals surface area (Å²) in [6.07, 6.45) is 4.20. The Hall–Kier alpha value is -1.36. The van der Waals surface area contributed by atoms with Crippen LogP contribution in [0.5, 0.6) is 0 Å². The van der Waals surface area contributed by atoms with E-state index in [4.69, 9.17) is 0 Å². The summed E-state index contributed by atoms with van der Waals surface area (Å²) >= 11 is 0. The monoisotopic (exact) mass is 251 g/mol. The van der Waals surface area contributed by atoms with E-state index in [9.17, 15) is 9.90 Å². The van der Waals surface area contributed by atoms with E-state index in [0.717, 1.165) is 30.6 Å². The average molecular weight is 251 g/mol. The number of aliphatic carboxylic acids is 1. The Labute approximate surface area is 107 Å². The lowest BCUT2D eigenvalue weighted by Gasteiger charge is -2.33. The van der Waals surface area contributed by atoms with Gasteiger partial charge in [0.05, 0.1) is 6.20 Å². The zero-order chi connectivity index (χ0) is 13.3. The van der Waals surface area contributed by atoms with Crippen molar-refractivity contribution < 1.29 is 9.90 Å². The van der Waals surface area contributed by atoms with Gasteiger partial charge in [0.1, 0.15) is 5.54 Å². The molecule has 1 fully saturated rings. The molecule has 5 heteroatoms. The lowest BCUT2D eigenvalue weighted by molar-refractivity contribution is -0.150. The third-order valence-corrected chi connectivity index (χ3v) is 4.30. The van der Waals surface area contributed by atoms with E-state index in [1.807, 2.05) is 31.8 Å². The zero-order valence-corrected chi connectivity index (χ0v) is 11.3. The number of carboxylic acids is 1. The number of likely N-dealkylation sites (tertiary alicyclic amines) is 1. The van der Waals surface area contributed by atoms with E-state index < -0.39 is 11.5 Å². The first-order valence-corrected chi connectivity index (χ1v) is 6.47. The molecule has 1 aliphatic rings. The molecule has 0 amide bonds. The topological polar surface area (TPSA) is 58.4 Å². The Balaban J connectivity index is 2.23. The fourth-order valence-electron chi connectivity index (χ4n) is 2.86. The molecule has 0 aliphatic carbocycles. The van der Waals surface area contributed by atoms with E-state index in [2.05, 4.69) is 10.00 Å². The predicted molar refractivity (Wildman–Crippen MR) is 68.2 cm³/mol. The predicted octanol–water partition coefficient (Wildman–Crippen LogP) is 1.56. The molecule has 2 rings (SSSR count). The number of aryl methyl sites for hydroxylation is 1. The number of aromatic nitrogens is 2. The van der Waals surface area contributed by atoms with Crippen molar-refractivity contribution >= 4 is 5.97 Å². The van der Waals surface area contributed by atoms with Gasteiger partial charge in [-0.1, -0.05) is 6.92 Å². The van der Waals surface area contributed by atoms with Crippen LogP contribution in [0, 0.1) is 6.92 Å². The highest BCUT2D eigenvalue weighted by Gasteiger charge is 2.46. The van der Waals surface area contributed by atoms with Crippen LogP contribution in [0.4, 0.5) is 0 Å². The first kappa shape index (κ1) is 13.1. The summed E-state index contributed by atoms with van der Waals surface area (Å²) in [5, 5.41) is 13.7. The number of carbonyl (C=O) groups is 1. The van der Waals surface area contributed by atoms with Gasteiger partial charge in [-0.3, -0.25) is 14.4 Å². The summed E-state index contributed by atoms with van der Waals surface area (Å²) in [6.45, 7) is 5.52. The van der Waals surface area contributed by atoms with Gasteiger partial charge in [0, 0.05) is 24.8 Å². The molecule has 1 aliphatic heterocycles. The number of rotatable bonds is 4. The Morgan fingerprint density at radius 3 is 2.83 bits per heavy atom. The first-order valence-electron chi connectivity index (χ1n) is 6.47. The standard InChI is InChI=1S/C13H21N3O2/c1-4-13(12(17)18)6-5-7-16(13)9-11-8-14-15(3)10(11)2/h8H,4-7,9H2,1-3H3,(H,17,18). The van der Waals surface area contributed by atoms with Gasteiger partial charge in [-0.15, -0.1) is 0 Å². The Morgan fingerprint density at radius 1 is 1.61 bits per heavy atom. The van der Waals surface area contributed by atoms with E-state index in [-0.39, 0.29) is 0 Å². The number of hydrogen-bond acceptors (Lipinski definition) is 3. The molecule has 1 unspecified atom stereocenters. The van der Waals surface area contributed by atoms with E-state index >= 15 is 0 Å². The molecule has 1 saturated heterocycles. The number of hydrogen-bond donors (Lipinski definition) is 1. The van der Waals surface area contributed by atoms with Crippen LogP contribution in [-0.4, -0.2) is 37.8 Å². The van der Waals surface area contributed by atoms with Crippen molar-refractivity contribution in [1.29, 1.82) is 0 Å². The molecular formula is C13H21N3O2. The van der Waals surface area contributed by atoms with Gasteiger partial charge in [0.15, 0.2) is 0 Å². The van der Waals surface area contributed by atoms with Crippen LogP contribution in [0.1, 0.15) is 37.4 Å². The van der Waals surface area contributed by atoms with Crippen LogP contribution in [0.25, 0.3) is 0 Å². The normalized spacial score (nSPS) is 24.6. The van der Waals surface area contributed by atoms with Crippen LogP contribution in [0.3, 0.4) is 0 Å². The summed E-state index contributed by atoms with van der Waals surface area (Å²) in [5.41, 5.74) is 1.55. The second-order valence-electron chi connectivity index (χ2n) is 5.09. The number of nitrogens with zero attached hydrogens (tertiary/aromatic N) is 3. The van der Waals surface area contributed by atoms with E-state index in [1.54, 1.807) is 0 Å². The highest BCUT2D eigenvalue weighted by Crippen LogP contribution is 2.34. The summed E-state index contributed by atoms with van der Waals surface area (Å²) < 4.78 is 1.83. The molecule has 5 nitrogen and oxygen atoms in total. The van der Waals surface area contributed by atoms with Gasteiger partial charge in [-0.05, 0) is 32.7 Å². The van der Waals surface area contributed by atoms with Crippen molar-refractivity contribution in [3.8, 4) is 0 Å². The number of carboxylic acid groups (broad SMARTS) is 1.